The van der Waals surface area contributed by atoms with Gasteiger partial charge < -0.3 is 24.6 Å². The summed E-state index contributed by atoms with van der Waals surface area (Å²) in [5.41, 5.74) is 1.26. The number of phenols is 1. The molecule has 1 aromatic heterocycles. The maximum absolute atomic E-state index is 10.8. The van der Waals surface area contributed by atoms with Gasteiger partial charge in [0.2, 0.25) is 5.75 Å². The highest BCUT2D eigenvalue weighted by Crippen LogP contribution is 2.49. The number of rotatable bonds is 5. The van der Waals surface area contributed by atoms with Crippen molar-refractivity contribution < 1.29 is 19.7 Å². The summed E-state index contributed by atoms with van der Waals surface area (Å²) < 4.78 is 12.9. The molecule has 0 saturated heterocycles. The molecule has 6 nitrogen and oxygen atoms in total. The fourth-order valence-corrected chi connectivity index (χ4v) is 4.38. The molecule has 179 valence electrons. The summed E-state index contributed by atoms with van der Waals surface area (Å²) >= 11 is 0. The molecule has 0 fully saturated rings. The zero-order valence-electron chi connectivity index (χ0n) is 19.7. The highest BCUT2D eigenvalue weighted by atomic mass is 27.0. The van der Waals surface area contributed by atoms with E-state index in [1.165, 1.54) is 0 Å². The van der Waals surface area contributed by atoms with Gasteiger partial charge in [-0.05, 0) is 54.1 Å². The second-order valence-electron chi connectivity index (χ2n) is 8.37. The number of aromatic hydroxyl groups is 1. The molecule has 1 aliphatic heterocycles. The fraction of sp³-hybridized carbons (Fsp3) is 0.0333. The van der Waals surface area contributed by atoms with E-state index in [1.54, 1.807) is 24.3 Å². The molecular formula is C30H22AlN2O4. The third-order valence-corrected chi connectivity index (χ3v) is 6.02. The molecule has 3 radical (unpaired) electrons. The van der Waals surface area contributed by atoms with Crippen molar-refractivity contribution in [2.75, 3.05) is 4.90 Å². The predicted molar refractivity (Wildman–Crippen MR) is 146 cm³/mol. The maximum Gasteiger partial charge on any atom is 0.213 e. The number of hydrogen-bond acceptors (Lipinski definition) is 6. The average Bonchev–Trinajstić information content (AvgIpc) is 2.91. The van der Waals surface area contributed by atoms with E-state index >= 15 is 0 Å². The largest absolute Gasteiger partial charge is 0.510 e. The molecule has 0 spiro atoms. The number of para-hydroxylation sites is 3. The molecule has 4 aromatic rings. The van der Waals surface area contributed by atoms with Gasteiger partial charge in [0.1, 0.15) is 34.6 Å². The van der Waals surface area contributed by atoms with Crippen molar-refractivity contribution in [2.45, 2.75) is 6.04 Å². The van der Waals surface area contributed by atoms with Gasteiger partial charge >= 0.3 is 0 Å². The molecule has 0 amide bonds. The van der Waals surface area contributed by atoms with Gasteiger partial charge in [-0.15, -0.1) is 0 Å². The van der Waals surface area contributed by atoms with Crippen LogP contribution in [0.1, 0.15) is 0 Å². The summed E-state index contributed by atoms with van der Waals surface area (Å²) in [6, 6.07) is 23.4. The molecule has 37 heavy (non-hydrogen) atoms. The number of aliphatic hydroxyl groups excluding tert-OH is 1. The summed E-state index contributed by atoms with van der Waals surface area (Å²) in [4.78, 5) is 6.68. The average molecular weight is 501 g/mol. The number of pyridine rings is 1. The van der Waals surface area contributed by atoms with Crippen LogP contribution in [0.4, 0.5) is 5.82 Å². The quantitative estimate of drug-likeness (QED) is 0.294. The van der Waals surface area contributed by atoms with Crippen molar-refractivity contribution in [3.05, 3.63) is 127 Å². The van der Waals surface area contributed by atoms with Crippen LogP contribution in [0.3, 0.4) is 0 Å². The number of anilines is 1. The molecule has 2 heterocycles. The predicted octanol–water partition coefficient (Wildman–Crippen LogP) is 6.78. The minimum atomic E-state index is -0.501. The highest BCUT2D eigenvalue weighted by molar-refractivity contribution is 5.95. The summed E-state index contributed by atoms with van der Waals surface area (Å²) in [6.07, 6.45) is 11.1. The minimum Gasteiger partial charge on any atom is -0.510 e. The third-order valence-electron chi connectivity index (χ3n) is 6.02. The van der Waals surface area contributed by atoms with E-state index in [0.29, 0.717) is 39.7 Å². The summed E-state index contributed by atoms with van der Waals surface area (Å²) in [7, 11) is 0. The second-order valence-corrected chi connectivity index (χ2v) is 8.37. The van der Waals surface area contributed by atoms with Gasteiger partial charge in [-0.1, -0.05) is 60.7 Å². The maximum atomic E-state index is 10.8. The lowest BCUT2D eigenvalue weighted by molar-refractivity contribution is 0.375. The van der Waals surface area contributed by atoms with Crippen molar-refractivity contribution in [2.24, 2.45) is 0 Å². The monoisotopic (exact) mass is 501 g/mol. The number of aromatic nitrogens is 1. The lowest BCUT2D eigenvalue weighted by Gasteiger charge is -2.35. The van der Waals surface area contributed by atoms with E-state index in [-0.39, 0.29) is 28.9 Å². The first kappa shape index (κ1) is 24.3. The lowest BCUT2D eigenvalue weighted by Crippen LogP contribution is -2.37. The molecule has 6 rings (SSSR count). The van der Waals surface area contributed by atoms with Crippen LogP contribution in [0.2, 0.25) is 0 Å². The molecule has 1 unspecified atom stereocenters. The number of phenolic OH excluding ortho intramolecular Hbond substituents is 1. The Kier molecular flexibility index (Phi) is 6.74. The van der Waals surface area contributed by atoms with Crippen LogP contribution >= 0.6 is 0 Å². The van der Waals surface area contributed by atoms with Crippen LogP contribution < -0.4 is 14.4 Å². The molecule has 2 N–H and O–H groups in total. The molecule has 0 bridgehead atoms. The zero-order chi connectivity index (χ0) is 24.5. The number of fused-ring (bicyclic) bond motifs is 2. The Morgan fingerprint density at radius 2 is 1.41 bits per heavy atom. The first-order chi connectivity index (χ1) is 17.7. The number of hydrogen-bond donors (Lipinski definition) is 2. The number of benzene rings is 3. The van der Waals surface area contributed by atoms with Crippen molar-refractivity contribution >= 4 is 34.1 Å². The minimum absolute atomic E-state index is 0. The Labute approximate surface area is 224 Å². The Morgan fingerprint density at radius 1 is 0.730 bits per heavy atom. The van der Waals surface area contributed by atoms with E-state index < -0.39 is 6.04 Å². The molecule has 2 aliphatic rings. The summed E-state index contributed by atoms with van der Waals surface area (Å²) in [6.45, 7) is 0. The van der Waals surface area contributed by atoms with Crippen LogP contribution in [-0.2, 0) is 0 Å². The molecule has 1 atom stereocenters. The molecule has 0 saturated carbocycles. The molecule has 3 aromatic carbocycles. The Hall–Kier alpha value is -4.44. The number of aliphatic hydroxyl groups is 1. The standard InChI is InChI=1S/C30H22N2O4.Al/c33-24-17-8-16-23-26(24)31-30(32-19-9-11-20-10-7-18-25(34)27(20)32)29(36-22-14-5-2-6-15-22)28(23)35-21-12-3-1-4-13-21;/h1-19,27,33-34H;. The van der Waals surface area contributed by atoms with Crippen molar-refractivity contribution in [1.29, 1.82) is 0 Å². The van der Waals surface area contributed by atoms with Gasteiger partial charge in [0.25, 0.3) is 0 Å². The van der Waals surface area contributed by atoms with E-state index in [2.05, 4.69) is 0 Å². The van der Waals surface area contributed by atoms with Gasteiger partial charge in [0.15, 0.2) is 11.6 Å². The van der Waals surface area contributed by atoms with Crippen molar-refractivity contribution in [1.82, 2.24) is 4.98 Å². The van der Waals surface area contributed by atoms with Gasteiger partial charge in [-0.2, -0.15) is 0 Å². The first-order valence-corrected chi connectivity index (χ1v) is 11.5. The second kappa shape index (κ2) is 10.3. The van der Waals surface area contributed by atoms with E-state index in [1.807, 2.05) is 96.1 Å². The molecule has 7 heteroatoms. The topological polar surface area (TPSA) is 75.1 Å². The highest BCUT2D eigenvalue weighted by Gasteiger charge is 2.33. The van der Waals surface area contributed by atoms with Gasteiger partial charge in [0, 0.05) is 23.6 Å². The lowest BCUT2D eigenvalue weighted by atomic mass is 9.96. The van der Waals surface area contributed by atoms with Crippen LogP contribution in [0.15, 0.2) is 127 Å². The SMILES string of the molecule is OC1=CC=CC2=CC=CN(c3nc4c(O)cccc4c(Oc4ccccc4)c3Oc3ccccc3)C12.[Al]. The Balaban J connectivity index is 0.00000280. The fourth-order valence-electron chi connectivity index (χ4n) is 4.38. The van der Waals surface area contributed by atoms with Crippen LogP contribution in [0, 0.1) is 0 Å². The Morgan fingerprint density at radius 3 is 2.11 bits per heavy atom. The summed E-state index contributed by atoms with van der Waals surface area (Å²) in [5, 5.41) is 22.2. The zero-order valence-corrected chi connectivity index (χ0v) is 20.9. The van der Waals surface area contributed by atoms with Crippen LogP contribution in [0.25, 0.3) is 10.9 Å². The number of nitrogens with zero attached hydrogens (tertiary/aromatic N) is 2. The van der Waals surface area contributed by atoms with E-state index in [4.69, 9.17) is 14.5 Å². The summed E-state index contributed by atoms with van der Waals surface area (Å²) in [5.74, 6) is 2.53. The van der Waals surface area contributed by atoms with Crippen molar-refractivity contribution in [3.63, 3.8) is 0 Å². The number of ether oxygens (including phenoxy) is 2. The van der Waals surface area contributed by atoms with Crippen LogP contribution in [0.5, 0.6) is 28.7 Å². The van der Waals surface area contributed by atoms with Crippen molar-refractivity contribution in [3.8, 4) is 28.7 Å². The smallest absolute Gasteiger partial charge is 0.213 e. The van der Waals surface area contributed by atoms with Crippen LogP contribution in [-0.4, -0.2) is 38.6 Å². The van der Waals surface area contributed by atoms with E-state index in [0.717, 1.165) is 5.57 Å². The Bertz CT molecular complexity index is 1560. The van der Waals surface area contributed by atoms with Gasteiger partial charge in [0.05, 0.1) is 5.39 Å². The molecular weight excluding hydrogens is 479 g/mol. The normalized spacial score (nSPS) is 15.9. The van der Waals surface area contributed by atoms with Gasteiger partial charge in [-0.3, -0.25) is 0 Å². The van der Waals surface area contributed by atoms with E-state index in [9.17, 15) is 10.2 Å². The van der Waals surface area contributed by atoms with Gasteiger partial charge in [-0.25, -0.2) is 4.98 Å². The molecule has 1 aliphatic carbocycles. The first-order valence-electron chi connectivity index (χ1n) is 11.5. The number of allylic oxidation sites excluding steroid dienone is 4. The third kappa shape index (κ3) is 4.59.